The molecular formula is C19H27N5O7S. The molecule has 0 aliphatic carbocycles. The maximum absolute atomic E-state index is 13.1. The molecule has 176 valence electrons. The van der Waals surface area contributed by atoms with Crippen molar-refractivity contribution in [3.05, 3.63) is 38.8 Å². The van der Waals surface area contributed by atoms with Crippen LogP contribution in [-0.4, -0.2) is 82.4 Å². The zero-order valence-corrected chi connectivity index (χ0v) is 19.3. The van der Waals surface area contributed by atoms with Crippen LogP contribution in [0.4, 0.5) is 10.5 Å². The molecule has 0 N–H and O–H groups in total. The van der Waals surface area contributed by atoms with Gasteiger partial charge in [-0.25, -0.2) is 18.0 Å². The summed E-state index contributed by atoms with van der Waals surface area (Å²) in [6.45, 7) is 7.40. The quantitative estimate of drug-likeness (QED) is 0.468. The molecule has 1 aromatic heterocycles. The smallest absolute Gasteiger partial charge is 0.423 e. The molecule has 1 fully saturated rings. The number of aromatic nitrogens is 2. The highest BCUT2D eigenvalue weighted by molar-refractivity contribution is 7.88. The number of sulfonamides is 1. The average Bonchev–Trinajstić information content (AvgIpc) is 2.95. The second-order valence-electron chi connectivity index (χ2n) is 8.68. The molecule has 3 rings (SSSR count). The summed E-state index contributed by atoms with van der Waals surface area (Å²) in [5.41, 5.74) is -1.28. The van der Waals surface area contributed by atoms with E-state index in [4.69, 9.17) is 4.74 Å². The van der Waals surface area contributed by atoms with Gasteiger partial charge in [0.05, 0.1) is 22.2 Å². The zero-order chi connectivity index (χ0) is 23.8. The Bertz CT molecular complexity index is 1200. The number of non-ortho nitro benzene ring substituents is 1. The monoisotopic (exact) mass is 469 g/mol. The van der Waals surface area contributed by atoms with Crippen LogP contribution in [0.15, 0.2) is 23.0 Å². The van der Waals surface area contributed by atoms with E-state index in [1.54, 1.807) is 20.8 Å². The summed E-state index contributed by atoms with van der Waals surface area (Å²) in [4.78, 5) is 38.5. The number of fused-ring (bicyclic) bond motifs is 1. The lowest BCUT2D eigenvalue weighted by molar-refractivity contribution is -0.384. The molecule has 2 aromatic rings. The molecule has 32 heavy (non-hydrogen) atoms. The number of benzene rings is 1. The highest BCUT2D eigenvalue weighted by Gasteiger charge is 2.27. The maximum atomic E-state index is 13.1. The van der Waals surface area contributed by atoms with Gasteiger partial charge in [0.2, 0.25) is 10.0 Å². The number of imidazole rings is 1. The van der Waals surface area contributed by atoms with Crippen molar-refractivity contribution in [1.82, 2.24) is 18.3 Å². The van der Waals surface area contributed by atoms with E-state index in [2.05, 4.69) is 0 Å². The molecule has 0 amide bonds. The molecule has 1 saturated heterocycles. The van der Waals surface area contributed by atoms with Crippen LogP contribution in [0.5, 0.6) is 0 Å². The average molecular weight is 470 g/mol. The molecule has 0 spiro atoms. The fraction of sp³-hybridized carbons (Fsp3) is 0.579. The summed E-state index contributed by atoms with van der Waals surface area (Å²) in [7, 11) is -3.24. The van der Waals surface area contributed by atoms with Crippen molar-refractivity contribution in [2.45, 2.75) is 32.9 Å². The van der Waals surface area contributed by atoms with Crippen LogP contribution in [-0.2, 0) is 21.3 Å². The Kier molecular flexibility index (Phi) is 6.45. The van der Waals surface area contributed by atoms with Crippen LogP contribution >= 0.6 is 0 Å². The van der Waals surface area contributed by atoms with Crippen LogP contribution < -0.4 is 5.69 Å². The van der Waals surface area contributed by atoms with Gasteiger partial charge in [0.25, 0.3) is 5.69 Å². The number of carbonyl (C=O) groups excluding carboxylic acids is 1. The molecular weight excluding hydrogens is 442 g/mol. The predicted molar refractivity (Wildman–Crippen MR) is 117 cm³/mol. The Hall–Kier alpha value is -2.77. The van der Waals surface area contributed by atoms with E-state index in [0.29, 0.717) is 38.2 Å². The first-order valence-corrected chi connectivity index (χ1v) is 11.9. The summed E-state index contributed by atoms with van der Waals surface area (Å²) in [5.74, 6) is 0. The summed E-state index contributed by atoms with van der Waals surface area (Å²) in [6.07, 6.45) is 0.265. The second kappa shape index (κ2) is 8.64. The van der Waals surface area contributed by atoms with Gasteiger partial charge in [-0.15, -0.1) is 0 Å². The highest BCUT2D eigenvalue weighted by atomic mass is 32.2. The van der Waals surface area contributed by atoms with Gasteiger partial charge in [0.1, 0.15) is 5.60 Å². The van der Waals surface area contributed by atoms with E-state index in [1.165, 1.54) is 33.3 Å². The van der Waals surface area contributed by atoms with Crippen LogP contribution in [0.1, 0.15) is 20.8 Å². The van der Waals surface area contributed by atoms with Crippen LogP contribution in [0.3, 0.4) is 0 Å². The highest BCUT2D eigenvalue weighted by Crippen LogP contribution is 2.22. The van der Waals surface area contributed by atoms with E-state index in [9.17, 15) is 28.1 Å². The van der Waals surface area contributed by atoms with Crippen molar-refractivity contribution >= 4 is 32.8 Å². The standard InChI is InChI=1S/C19H27N5O7S/c1-19(2,3)31-18(26)23-16-13-14(24(27)28)5-6-15(16)22(17(23)25)12-9-20-7-10-21(11-8-20)32(4,29)30/h5-6,13H,7-12H2,1-4H3. The fourth-order valence-corrected chi connectivity index (χ4v) is 4.41. The fourth-order valence-electron chi connectivity index (χ4n) is 3.59. The van der Waals surface area contributed by atoms with Gasteiger partial charge in [-0.1, -0.05) is 0 Å². The normalized spacial score (nSPS) is 16.4. The minimum atomic E-state index is -3.24. The summed E-state index contributed by atoms with van der Waals surface area (Å²) < 4.78 is 32.3. The van der Waals surface area contributed by atoms with Crippen molar-refractivity contribution in [2.24, 2.45) is 0 Å². The molecule has 0 bridgehead atoms. The lowest BCUT2D eigenvalue weighted by Gasteiger charge is -2.33. The zero-order valence-electron chi connectivity index (χ0n) is 18.5. The second-order valence-corrected chi connectivity index (χ2v) is 10.7. The van der Waals surface area contributed by atoms with E-state index >= 15 is 0 Å². The third kappa shape index (κ3) is 5.16. The van der Waals surface area contributed by atoms with Gasteiger partial charge in [0.15, 0.2) is 0 Å². The van der Waals surface area contributed by atoms with Gasteiger partial charge in [-0.05, 0) is 26.8 Å². The first kappa shape index (κ1) is 23.9. The molecule has 13 heteroatoms. The number of hydrogen-bond donors (Lipinski definition) is 0. The SMILES string of the molecule is CC(C)(C)OC(=O)n1c(=O)n(CCN2CCN(S(C)(=O)=O)CC2)c2ccc([N+](=O)[O-])cc21. The van der Waals surface area contributed by atoms with Crippen LogP contribution in [0.25, 0.3) is 11.0 Å². The predicted octanol–water partition coefficient (Wildman–Crippen LogP) is 1.07. The molecule has 1 aromatic carbocycles. The first-order chi connectivity index (χ1) is 14.8. The number of rotatable bonds is 5. The van der Waals surface area contributed by atoms with Gasteiger partial charge in [-0.2, -0.15) is 8.87 Å². The summed E-state index contributed by atoms with van der Waals surface area (Å²) in [5, 5.41) is 11.2. The third-order valence-electron chi connectivity index (χ3n) is 5.14. The summed E-state index contributed by atoms with van der Waals surface area (Å²) in [6, 6.07) is 3.90. The first-order valence-electron chi connectivity index (χ1n) is 10.1. The van der Waals surface area contributed by atoms with Gasteiger partial charge in [0, 0.05) is 51.4 Å². The van der Waals surface area contributed by atoms with Gasteiger partial charge < -0.3 is 4.74 Å². The molecule has 0 unspecified atom stereocenters. The number of nitro benzene ring substituents is 1. The maximum Gasteiger partial charge on any atom is 0.423 e. The molecule has 0 atom stereocenters. The van der Waals surface area contributed by atoms with Crippen molar-refractivity contribution in [3.63, 3.8) is 0 Å². The summed E-state index contributed by atoms with van der Waals surface area (Å²) >= 11 is 0. The number of ether oxygens (including phenoxy) is 1. The minimum absolute atomic E-state index is 0.0975. The van der Waals surface area contributed by atoms with Crippen molar-refractivity contribution in [3.8, 4) is 0 Å². The number of nitrogens with zero attached hydrogens (tertiary/aromatic N) is 5. The Labute approximate surface area is 185 Å². The lowest BCUT2D eigenvalue weighted by Crippen LogP contribution is -2.49. The lowest BCUT2D eigenvalue weighted by atomic mass is 10.2. The van der Waals surface area contributed by atoms with Crippen molar-refractivity contribution < 1.29 is 22.9 Å². The number of piperazine rings is 1. The van der Waals surface area contributed by atoms with Gasteiger partial charge >= 0.3 is 11.8 Å². The molecule has 1 aliphatic heterocycles. The number of carbonyl (C=O) groups is 1. The van der Waals surface area contributed by atoms with Crippen LogP contribution in [0, 0.1) is 10.1 Å². The largest absolute Gasteiger partial charge is 0.443 e. The molecule has 0 saturated carbocycles. The Morgan fingerprint density at radius 3 is 2.28 bits per heavy atom. The van der Waals surface area contributed by atoms with E-state index in [0.717, 1.165) is 4.57 Å². The Morgan fingerprint density at radius 1 is 1.12 bits per heavy atom. The topological polar surface area (TPSA) is 137 Å². The Balaban J connectivity index is 1.90. The van der Waals surface area contributed by atoms with Crippen molar-refractivity contribution in [2.75, 3.05) is 39.0 Å². The van der Waals surface area contributed by atoms with Crippen molar-refractivity contribution in [1.29, 1.82) is 0 Å². The molecule has 1 aliphatic rings. The number of nitro groups is 1. The molecule has 2 heterocycles. The van der Waals surface area contributed by atoms with Gasteiger partial charge in [-0.3, -0.25) is 19.6 Å². The molecule has 0 radical (unpaired) electrons. The Morgan fingerprint density at radius 2 is 1.75 bits per heavy atom. The van der Waals surface area contributed by atoms with E-state index < -0.39 is 32.3 Å². The number of hydrogen-bond acceptors (Lipinski definition) is 8. The van der Waals surface area contributed by atoms with E-state index in [-0.39, 0.29) is 17.7 Å². The van der Waals surface area contributed by atoms with Crippen LogP contribution in [0.2, 0.25) is 0 Å². The molecule has 12 nitrogen and oxygen atoms in total. The minimum Gasteiger partial charge on any atom is -0.443 e. The van der Waals surface area contributed by atoms with E-state index in [1.807, 2.05) is 4.90 Å². The third-order valence-corrected chi connectivity index (χ3v) is 6.44.